The summed E-state index contributed by atoms with van der Waals surface area (Å²) in [7, 11) is 0. The molecule has 1 N–H and O–H groups in total. The fraction of sp³-hybridized carbons (Fsp3) is 0.467. The normalized spacial score (nSPS) is 11.1. The van der Waals surface area contributed by atoms with Crippen molar-refractivity contribution in [3.8, 4) is 0 Å². The summed E-state index contributed by atoms with van der Waals surface area (Å²) in [6.45, 7) is -0.0342. The Bertz CT molecular complexity index is 489. The lowest BCUT2D eigenvalue weighted by molar-refractivity contribution is -0.160. The fourth-order valence-corrected chi connectivity index (χ4v) is 1.91. The van der Waals surface area contributed by atoms with Crippen molar-refractivity contribution >= 4 is 11.8 Å². The van der Waals surface area contributed by atoms with Crippen molar-refractivity contribution in [2.45, 2.75) is 25.9 Å². The average molecular weight is 316 g/mol. The highest BCUT2D eigenvalue weighted by Gasteiger charge is 2.32. The van der Waals surface area contributed by atoms with Crippen LogP contribution in [-0.4, -0.2) is 42.5 Å². The summed E-state index contributed by atoms with van der Waals surface area (Å²) in [6.07, 6.45) is -3.94. The molecule has 0 aromatic heterocycles. The van der Waals surface area contributed by atoms with Crippen LogP contribution in [0, 0.1) is 0 Å². The van der Waals surface area contributed by atoms with Gasteiger partial charge in [-0.3, -0.25) is 9.59 Å². The molecule has 0 aliphatic heterocycles. The predicted octanol–water partition coefficient (Wildman–Crippen LogP) is 2.15. The summed E-state index contributed by atoms with van der Waals surface area (Å²) >= 11 is 0. The maximum atomic E-state index is 12.4. The molecule has 22 heavy (non-hydrogen) atoms. The second-order valence-electron chi connectivity index (χ2n) is 4.87. The predicted molar refractivity (Wildman–Crippen MR) is 76.1 cm³/mol. The molecule has 4 nitrogen and oxygen atoms in total. The summed E-state index contributed by atoms with van der Waals surface area (Å²) in [5.74, 6) is -1.14. The van der Waals surface area contributed by atoms with Gasteiger partial charge in [0.05, 0.1) is 13.0 Å². The summed E-state index contributed by atoms with van der Waals surface area (Å²) in [6, 6.07) is 8.88. The van der Waals surface area contributed by atoms with E-state index < -0.39 is 31.1 Å². The Morgan fingerprint density at radius 3 is 2.36 bits per heavy atom. The molecule has 1 rings (SSSR count). The van der Waals surface area contributed by atoms with Crippen LogP contribution in [0.1, 0.15) is 18.9 Å². The lowest BCUT2D eigenvalue weighted by atomic mass is 10.1. The first-order valence-electron chi connectivity index (χ1n) is 6.97. The molecule has 1 aromatic rings. The summed E-state index contributed by atoms with van der Waals surface area (Å²) < 4.78 is 37.2. The Morgan fingerprint density at radius 1 is 1.18 bits per heavy atom. The first-order valence-corrected chi connectivity index (χ1v) is 6.97. The average Bonchev–Trinajstić information content (AvgIpc) is 2.44. The van der Waals surface area contributed by atoms with Crippen LogP contribution in [0.3, 0.4) is 0 Å². The zero-order chi connectivity index (χ0) is 16.6. The molecule has 0 aliphatic rings. The van der Waals surface area contributed by atoms with Gasteiger partial charge in [-0.25, -0.2) is 0 Å². The van der Waals surface area contributed by atoms with Crippen LogP contribution in [0.4, 0.5) is 13.2 Å². The van der Waals surface area contributed by atoms with Crippen molar-refractivity contribution in [3.05, 3.63) is 35.9 Å². The molecule has 0 atom stereocenters. The number of alkyl halides is 3. The lowest BCUT2D eigenvalue weighted by Crippen LogP contribution is -2.45. The molecule has 0 heterocycles. The third kappa shape index (κ3) is 7.10. The standard InChI is InChI=1S/C15H19F3N2O2/c1-2-8-20(11-15(16,17)18)14(22)10-19-13(21)9-12-6-4-3-5-7-12/h3-7H,2,8-11H2,1H3,(H,19,21). The molecule has 0 spiro atoms. The molecular formula is C15H19F3N2O2. The van der Waals surface area contributed by atoms with Crippen molar-refractivity contribution in [3.63, 3.8) is 0 Å². The maximum Gasteiger partial charge on any atom is 0.406 e. The summed E-state index contributed by atoms with van der Waals surface area (Å²) in [4.78, 5) is 24.2. The van der Waals surface area contributed by atoms with Gasteiger partial charge in [0.2, 0.25) is 11.8 Å². The third-order valence-electron chi connectivity index (χ3n) is 2.86. The van der Waals surface area contributed by atoms with E-state index in [0.29, 0.717) is 11.3 Å². The monoisotopic (exact) mass is 316 g/mol. The van der Waals surface area contributed by atoms with E-state index in [2.05, 4.69) is 5.32 Å². The molecule has 0 fully saturated rings. The minimum Gasteiger partial charge on any atom is -0.347 e. The largest absolute Gasteiger partial charge is 0.406 e. The maximum absolute atomic E-state index is 12.4. The topological polar surface area (TPSA) is 49.4 Å². The molecule has 0 radical (unpaired) electrons. The van der Waals surface area contributed by atoms with Crippen molar-refractivity contribution < 1.29 is 22.8 Å². The molecule has 0 bridgehead atoms. The highest BCUT2D eigenvalue weighted by molar-refractivity contribution is 5.85. The van der Waals surface area contributed by atoms with Crippen molar-refractivity contribution in [1.82, 2.24) is 10.2 Å². The molecule has 0 saturated heterocycles. The fourth-order valence-electron chi connectivity index (χ4n) is 1.91. The van der Waals surface area contributed by atoms with Gasteiger partial charge in [-0.05, 0) is 12.0 Å². The van der Waals surface area contributed by atoms with Crippen LogP contribution < -0.4 is 5.32 Å². The number of halogens is 3. The molecule has 122 valence electrons. The number of carbonyl (C=O) groups excluding carboxylic acids is 2. The number of hydrogen-bond acceptors (Lipinski definition) is 2. The van der Waals surface area contributed by atoms with Gasteiger partial charge in [-0.2, -0.15) is 13.2 Å². The van der Waals surface area contributed by atoms with Crippen LogP contribution in [0.15, 0.2) is 30.3 Å². The molecule has 0 saturated carbocycles. The Hall–Kier alpha value is -2.05. The Morgan fingerprint density at radius 2 is 1.82 bits per heavy atom. The van der Waals surface area contributed by atoms with E-state index in [9.17, 15) is 22.8 Å². The lowest BCUT2D eigenvalue weighted by Gasteiger charge is -2.23. The van der Waals surface area contributed by atoms with E-state index in [1.807, 2.05) is 6.07 Å². The van der Waals surface area contributed by atoms with Crippen molar-refractivity contribution in [2.75, 3.05) is 19.6 Å². The minimum absolute atomic E-state index is 0.00684. The first kappa shape index (κ1) is 18.0. The quantitative estimate of drug-likeness (QED) is 0.838. The van der Waals surface area contributed by atoms with E-state index in [-0.39, 0.29) is 13.0 Å². The zero-order valence-electron chi connectivity index (χ0n) is 12.3. The number of carbonyl (C=O) groups is 2. The smallest absolute Gasteiger partial charge is 0.347 e. The van der Waals surface area contributed by atoms with E-state index in [1.165, 1.54) is 0 Å². The molecule has 7 heteroatoms. The van der Waals surface area contributed by atoms with E-state index in [0.717, 1.165) is 5.56 Å². The van der Waals surface area contributed by atoms with Gasteiger partial charge in [0, 0.05) is 6.54 Å². The third-order valence-corrected chi connectivity index (χ3v) is 2.86. The van der Waals surface area contributed by atoms with Crippen molar-refractivity contribution in [2.24, 2.45) is 0 Å². The number of nitrogens with zero attached hydrogens (tertiary/aromatic N) is 1. The van der Waals surface area contributed by atoms with E-state index >= 15 is 0 Å². The summed E-state index contributed by atoms with van der Waals surface area (Å²) in [5.41, 5.74) is 0.771. The number of hydrogen-bond donors (Lipinski definition) is 1. The second-order valence-corrected chi connectivity index (χ2v) is 4.87. The SMILES string of the molecule is CCCN(CC(F)(F)F)C(=O)CNC(=O)Cc1ccccc1. The van der Waals surface area contributed by atoms with Gasteiger partial charge >= 0.3 is 6.18 Å². The van der Waals surface area contributed by atoms with Gasteiger partial charge in [0.25, 0.3) is 0 Å². The molecule has 1 aromatic carbocycles. The molecular weight excluding hydrogens is 297 g/mol. The Kier molecular flexibility index (Phi) is 6.88. The Labute approximate surface area is 127 Å². The van der Waals surface area contributed by atoms with Crippen LogP contribution in [0.5, 0.6) is 0 Å². The van der Waals surface area contributed by atoms with Crippen LogP contribution >= 0.6 is 0 Å². The first-order chi connectivity index (χ1) is 10.3. The Balaban J connectivity index is 2.46. The number of benzene rings is 1. The van der Waals surface area contributed by atoms with E-state index in [1.54, 1.807) is 31.2 Å². The van der Waals surface area contributed by atoms with Gasteiger partial charge in [0.1, 0.15) is 6.54 Å². The minimum atomic E-state index is -4.45. The molecule has 0 aliphatic carbocycles. The number of rotatable bonds is 7. The van der Waals surface area contributed by atoms with Crippen LogP contribution in [-0.2, 0) is 16.0 Å². The highest BCUT2D eigenvalue weighted by atomic mass is 19.4. The molecule has 0 unspecified atom stereocenters. The van der Waals surface area contributed by atoms with E-state index in [4.69, 9.17) is 0 Å². The van der Waals surface area contributed by atoms with Gasteiger partial charge in [0.15, 0.2) is 0 Å². The second kappa shape index (κ2) is 8.41. The number of nitrogens with one attached hydrogen (secondary N) is 1. The van der Waals surface area contributed by atoms with Crippen LogP contribution in [0.25, 0.3) is 0 Å². The van der Waals surface area contributed by atoms with Gasteiger partial charge in [-0.15, -0.1) is 0 Å². The van der Waals surface area contributed by atoms with Gasteiger partial charge in [-0.1, -0.05) is 37.3 Å². The zero-order valence-corrected chi connectivity index (χ0v) is 12.3. The van der Waals surface area contributed by atoms with Crippen LogP contribution in [0.2, 0.25) is 0 Å². The van der Waals surface area contributed by atoms with Gasteiger partial charge < -0.3 is 10.2 Å². The molecule has 2 amide bonds. The van der Waals surface area contributed by atoms with Crippen molar-refractivity contribution in [1.29, 1.82) is 0 Å². The number of amides is 2. The summed E-state index contributed by atoms with van der Waals surface area (Å²) in [5, 5.41) is 2.36. The highest BCUT2D eigenvalue weighted by Crippen LogP contribution is 2.16.